The van der Waals surface area contributed by atoms with Crippen LogP contribution in [-0.2, 0) is 28.7 Å². The molecule has 2 heterocycles. The van der Waals surface area contributed by atoms with Crippen LogP contribution in [0.2, 0.25) is 0 Å². The lowest BCUT2D eigenvalue weighted by atomic mass is 9.85. The molecule has 0 bridgehead atoms. The van der Waals surface area contributed by atoms with Crippen LogP contribution in [0.4, 0.5) is 0 Å². The van der Waals surface area contributed by atoms with E-state index < -0.39 is 59.5 Å². The molecule has 6 N–H and O–H groups in total. The highest BCUT2D eigenvalue weighted by Gasteiger charge is 2.49. The molecule has 8 unspecified atom stereocenters. The topological polar surface area (TPSA) is 181 Å². The van der Waals surface area contributed by atoms with Gasteiger partial charge in [0.25, 0.3) is 5.91 Å². The second-order valence-electron chi connectivity index (χ2n) is 10.2. The zero-order valence-corrected chi connectivity index (χ0v) is 22.8. The van der Waals surface area contributed by atoms with Gasteiger partial charge < -0.3 is 41.0 Å². The molecule has 4 amide bonds. The first-order valence-corrected chi connectivity index (χ1v) is 12.9. The van der Waals surface area contributed by atoms with E-state index in [1.807, 2.05) is 13.8 Å². The van der Waals surface area contributed by atoms with E-state index in [1.165, 1.54) is 24.3 Å². The minimum Gasteiger partial charge on any atom is -0.392 e. The summed E-state index contributed by atoms with van der Waals surface area (Å²) in [5.41, 5.74) is 5.87. The first-order chi connectivity index (χ1) is 17.8. The Balaban J connectivity index is 1.96. The molecule has 2 rings (SSSR count). The maximum atomic E-state index is 13.1. The van der Waals surface area contributed by atoms with Gasteiger partial charge in [0, 0.05) is 38.1 Å². The number of methoxy groups -OCH3 is 1. The van der Waals surface area contributed by atoms with Gasteiger partial charge in [-0.05, 0) is 19.8 Å². The van der Waals surface area contributed by atoms with Crippen molar-refractivity contribution >= 4 is 23.6 Å². The highest BCUT2D eigenvalue weighted by Crippen LogP contribution is 2.38. The van der Waals surface area contributed by atoms with Crippen LogP contribution in [-0.4, -0.2) is 89.1 Å². The number of carbonyl (C=O) groups excluding carboxylic acids is 4. The van der Waals surface area contributed by atoms with Crippen molar-refractivity contribution in [3.05, 3.63) is 24.4 Å². The number of amides is 4. The van der Waals surface area contributed by atoms with Gasteiger partial charge in [-0.2, -0.15) is 0 Å². The zero-order valence-electron chi connectivity index (χ0n) is 22.8. The molecule has 2 saturated heterocycles. The lowest BCUT2D eigenvalue weighted by Crippen LogP contribution is -2.58. The fourth-order valence-corrected chi connectivity index (χ4v) is 4.79. The molecule has 0 aromatic carbocycles. The number of carbonyl (C=O) groups is 4. The van der Waals surface area contributed by atoms with Crippen molar-refractivity contribution in [2.75, 3.05) is 20.2 Å². The molecule has 38 heavy (non-hydrogen) atoms. The number of hydrogen-bond acceptors (Lipinski definition) is 8. The SMILES string of the molecule is C=C1CC(OC)(C(O)C(=O)NC=CC(C)C(O)C(C)C(=O)N2CCCC2C(=O)NCC(N)=O)OC(C)C1C. The summed E-state index contributed by atoms with van der Waals surface area (Å²) in [4.78, 5) is 50.5. The van der Waals surface area contributed by atoms with Crippen LogP contribution in [0.5, 0.6) is 0 Å². The van der Waals surface area contributed by atoms with Crippen LogP contribution in [0.3, 0.4) is 0 Å². The Labute approximate surface area is 223 Å². The fourth-order valence-electron chi connectivity index (χ4n) is 4.79. The molecule has 12 nitrogen and oxygen atoms in total. The van der Waals surface area contributed by atoms with E-state index >= 15 is 0 Å². The third-order valence-corrected chi connectivity index (χ3v) is 7.56. The van der Waals surface area contributed by atoms with Crippen molar-refractivity contribution in [3.63, 3.8) is 0 Å². The maximum Gasteiger partial charge on any atom is 0.258 e. The zero-order chi connectivity index (χ0) is 28.8. The summed E-state index contributed by atoms with van der Waals surface area (Å²) in [5.74, 6) is -5.23. The van der Waals surface area contributed by atoms with Crippen LogP contribution in [0.1, 0.15) is 47.0 Å². The molecule has 0 radical (unpaired) electrons. The number of aliphatic hydroxyl groups excluding tert-OH is 2. The van der Waals surface area contributed by atoms with E-state index in [4.69, 9.17) is 15.2 Å². The second kappa shape index (κ2) is 13.3. The third-order valence-electron chi connectivity index (χ3n) is 7.56. The Hall–Kier alpha value is -2.80. The highest BCUT2D eigenvalue weighted by atomic mass is 16.7. The average Bonchev–Trinajstić information content (AvgIpc) is 3.38. The van der Waals surface area contributed by atoms with Gasteiger partial charge in [-0.25, -0.2) is 0 Å². The predicted molar refractivity (Wildman–Crippen MR) is 138 cm³/mol. The van der Waals surface area contributed by atoms with E-state index in [9.17, 15) is 29.4 Å². The molecule has 0 aromatic rings. The van der Waals surface area contributed by atoms with Crippen molar-refractivity contribution < 1.29 is 38.9 Å². The quantitative estimate of drug-likeness (QED) is 0.219. The number of hydrogen-bond donors (Lipinski definition) is 5. The fraction of sp³-hybridized carbons (Fsp3) is 0.692. The van der Waals surface area contributed by atoms with Gasteiger partial charge in [0.1, 0.15) is 6.04 Å². The van der Waals surface area contributed by atoms with Gasteiger partial charge in [-0.15, -0.1) is 0 Å². The first-order valence-electron chi connectivity index (χ1n) is 12.9. The summed E-state index contributed by atoms with van der Waals surface area (Å²) in [6, 6.07) is -0.736. The minimum absolute atomic E-state index is 0.0424. The molecule has 2 aliphatic heterocycles. The molecule has 214 valence electrons. The third kappa shape index (κ3) is 7.19. The maximum absolute atomic E-state index is 13.1. The largest absolute Gasteiger partial charge is 0.392 e. The normalized spacial score (nSPS) is 29.0. The first kappa shape index (κ1) is 31.4. The number of primary amides is 1. The van der Waals surface area contributed by atoms with E-state index in [0.717, 1.165) is 5.57 Å². The van der Waals surface area contributed by atoms with Gasteiger partial charge in [0.15, 0.2) is 6.10 Å². The van der Waals surface area contributed by atoms with Crippen molar-refractivity contribution in [2.24, 2.45) is 23.5 Å². The standard InChI is InChI=1S/C26H42N4O8/c1-14(9-10-28-24(35)22(33)26(37-6)12-15(2)16(3)18(5)38-26)21(32)17(4)25(36)30-11-7-8-19(30)23(34)29-13-20(27)31/h9-10,14,16-19,21-22,32-33H,2,7-8,11-13H2,1,3-6H3,(H2,27,31)(H,28,35)(H,29,34). The van der Waals surface area contributed by atoms with E-state index in [-0.39, 0.29) is 25.0 Å². The minimum atomic E-state index is -1.64. The van der Waals surface area contributed by atoms with Crippen LogP contribution in [0, 0.1) is 17.8 Å². The number of nitrogens with one attached hydrogen (secondary N) is 2. The smallest absolute Gasteiger partial charge is 0.258 e. The monoisotopic (exact) mass is 538 g/mol. The van der Waals surface area contributed by atoms with Crippen molar-refractivity contribution in [1.29, 1.82) is 0 Å². The van der Waals surface area contributed by atoms with Crippen LogP contribution >= 0.6 is 0 Å². The Bertz CT molecular complexity index is 940. The summed E-state index contributed by atoms with van der Waals surface area (Å²) < 4.78 is 11.3. The van der Waals surface area contributed by atoms with Crippen LogP contribution in [0.25, 0.3) is 0 Å². The number of likely N-dealkylation sites (tertiary alicyclic amines) is 1. The Kier molecular flexibility index (Phi) is 11.0. The second-order valence-corrected chi connectivity index (χ2v) is 10.2. The van der Waals surface area contributed by atoms with E-state index in [1.54, 1.807) is 13.8 Å². The summed E-state index contributed by atoms with van der Waals surface area (Å²) in [5, 5.41) is 26.4. The Morgan fingerprint density at radius 2 is 1.95 bits per heavy atom. The summed E-state index contributed by atoms with van der Waals surface area (Å²) in [6.45, 7) is 11.0. The van der Waals surface area contributed by atoms with Gasteiger partial charge in [0.2, 0.25) is 23.5 Å². The van der Waals surface area contributed by atoms with Crippen molar-refractivity contribution in [1.82, 2.24) is 15.5 Å². The number of ether oxygens (including phenoxy) is 2. The van der Waals surface area contributed by atoms with Gasteiger partial charge in [-0.3, -0.25) is 19.2 Å². The summed E-state index contributed by atoms with van der Waals surface area (Å²) >= 11 is 0. The molecule has 8 atom stereocenters. The van der Waals surface area contributed by atoms with Crippen LogP contribution in [0.15, 0.2) is 24.4 Å². The number of nitrogens with zero attached hydrogens (tertiary/aromatic N) is 1. The molecule has 0 spiro atoms. The summed E-state index contributed by atoms with van der Waals surface area (Å²) in [6.07, 6.45) is 0.939. The lowest BCUT2D eigenvalue weighted by molar-refractivity contribution is -0.297. The summed E-state index contributed by atoms with van der Waals surface area (Å²) in [7, 11) is 1.35. The van der Waals surface area contributed by atoms with Crippen LogP contribution < -0.4 is 16.4 Å². The highest BCUT2D eigenvalue weighted by molar-refractivity contribution is 5.91. The molecule has 0 saturated carbocycles. The predicted octanol–water partition coefficient (Wildman–Crippen LogP) is -0.453. The van der Waals surface area contributed by atoms with Crippen molar-refractivity contribution in [2.45, 2.75) is 77.1 Å². The molecular formula is C26H42N4O8. The molecular weight excluding hydrogens is 496 g/mol. The van der Waals surface area contributed by atoms with Gasteiger partial charge >= 0.3 is 0 Å². The van der Waals surface area contributed by atoms with E-state index in [2.05, 4.69) is 17.2 Å². The molecule has 0 aliphatic carbocycles. The molecule has 2 aliphatic rings. The number of rotatable bonds is 11. The van der Waals surface area contributed by atoms with Crippen molar-refractivity contribution in [3.8, 4) is 0 Å². The molecule has 2 fully saturated rings. The number of nitrogens with two attached hydrogens (primary N) is 1. The average molecular weight is 539 g/mol. The lowest BCUT2D eigenvalue weighted by Gasteiger charge is -2.44. The molecule has 0 aromatic heterocycles. The van der Waals surface area contributed by atoms with Gasteiger partial charge in [-0.1, -0.05) is 39.0 Å². The Morgan fingerprint density at radius 3 is 2.53 bits per heavy atom. The Morgan fingerprint density at radius 1 is 1.29 bits per heavy atom. The molecule has 12 heteroatoms. The number of aliphatic hydroxyl groups is 2. The van der Waals surface area contributed by atoms with Gasteiger partial charge in [0.05, 0.1) is 24.7 Å². The van der Waals surface area contributed by atoms with E-state index in [0.29, 0.717) is 19.4 Å².